The highest BCUT2D eigenvalue weighted by Gasteiger charge is 2.29. The second kappa shape index (κ2) is 5.83. The van der Waals surface area contributed by atoms with Gasteiger partial charge >= 0.3 is 0 Å². The molecular formula is C13H25N3O. The van der Waals surface area contributed by atoms with Crippen LogP contribution in [0.4, 0.5) is 0 Å². The van der Waals surface area contributed by atoms with E-state index in [1.807, 2.05) is 0 Å². The molecule has 2 rings (SSSR count). The first-order valence-corrected chi connectivity index (χ1v) is 6.88. The van der Waals surface area contributed by atoms with Crippen LogP contribution in [0.5, 0.6) is 0 Å². The van der Waals surface area contributed by atoms with E-state index in [9.17, 15) is 4.79 Å². The van der Waals surface area contributed by atoms with Crippen molar-refractivity contribution in [3.63, 3.8) is 0 Å². The number of hydrogen-bond donors (Lipinski definition) is 2. The van der Waals surface area contributed by atoms with Crippen molar-refractivity contribution in [3.8, 4) is 0 Å². The maximum Gasteiger partial charge on any atom is 0.236 e. The molecule has 0 bridgehead atoms. The summed E-state index contributed by atoms with van der Waals surface area (Å²) in [5, 5.41) is 6.15. The number of rotatable bonds is 5. The molecule has 0 spiro atoms. The molecule has 1 aliphatic carbocycles. The van der Waals surface area contributed by atoms with Gasteiger partial charge in [-0.3, -0.25) is 4.79 Å². The van der Waals surface area contributed by atoms with Gasteiger partial charge < -0.3 is 15.5 Å². The average Bonchev–Trinajstić information content (AvgIpc) is 2.71. The minimum absolute atomic E-state index is 0.0407. The number of hydrogen-bond acceptors (Lipinski definition) is 3. The van der Waals surface area contributed by atoms with E-state index in [-0.39, 0.29) is 11.9 Å². The first kappa shape index (κ1) is 12.8. The molecule has 2 aliphatic rings. The molecule has 1 amide bonds. The molecule has 2 unspecified atom stereocenters. The third kappa shape index (κ3) is 3.19. The topological polar surface area (TPSA) is 44.4 Å². The summed E-state index contributed by atoms with van der Waals surface area (Å²) in [6, 6.07) is 1.39. The van der Waals surface area contributed by atoms with Gasteiger partial charge in [0.25, 0.3) is 0 Å². The van der Waals surface area contributed by atoms with E-state index in [0.717, 1.165) is 25.4 Å². The molecule has 1 saturated carbocycles. The lowest BCUT2D eigenvalue weighted by Gasteiger charge is -2.35. The molecule has 2 fully saturated rings. The molecular weight excluding hydrogens is 214 g/mol. The molecule has 4 heteroatoms. The third-order valence-electron chi connectivity index (χ3n) is 4.33. The first-order valence-electron chi connectivity index (χ1n) is 6.88. The van der Waals surface area contributed by atoms with Crippen LogP contribution in [0.15, 0.2) is 0 Å². The van der Waals surface area contributed by atoms with Gasteiger partial charge in [0.2, 0.25) is 5.91 Å². The van der Waals surface area contributed by atoms with Crippen LogP contribution in [0, 0.1) is 0 Å². The Morgan fingerprint density at radius 2 is 2.12 bits per heavy atom. The minimum Gasteiger partial charge on any atom is -0.358 e. The molecule has 0 aromatic carbocycles. The third-order valence-corrected chi connectivity index (χ3v) is 4.33. The highest BCUT2D eigenvalue weighted by molar-refractivity contribution is 5.81. The molecule has 1 heterocycles. The van der Waals surface area contributed by atoms with Crippen molar-refractivity contribution in [1.29, 1.82) is 0 Å². The van der Waals surface area contributed by atoms with Gasteiger partial charge in [-0.2, -0.15) is 0 Å². The van der Waals surface area contributed by atoms with Crippen molar-refractivity contribution in [2.45, 2.75) is 56.7 Å². The summed E-state index contributed by atoms with van der Waals surface area (Å²) in [4.78, 5) is 14.0. The molecule has 17 heavy (non-hydrogen) atoms. The monoisotopic (exact) mass is 239 g/mol. The van der Waals surface area contributed by atoms with Crippen molar-refractivity contribution in [1.82, 2.24) is 15.5 Å². The Morgan fingerprint density at radius 1 is 1.35 bits per heavy atom. The Kier molecular flexibility index (Phi) is 4.40. The zero-order chi connectivity index (χ0) is 12.3. The van der Waals surface area contributed by atoms with Crippen LogP contribution in [0.25, 0.3) is 0 Å². The Balaban J connectivity index is 1.65. The van der Waals surface area contributed by atoms with E-state index in [0.29, 0.717) is 6.04 Å². The van der Waals surface area contributed by atoms with Crippen molar-refractivity contribution in [3.05, 3.63) is 0 Å². The zero-order valence-electron chi connectivity index (χ0n) is 11.0. The van der Waals surface area contributed by atoms with E-state index in [1.165, 1.54) is 25.7 Å². The fourth-order valence-corrected chi connectivity index (χ4v) is 2.80. The largest absolute Gasteiger partial charge is 0.358 e. The van der Waals surface area contributed by atoms with Crippen LogP contribution >= 0.6 is 0 Å². The lowest BCUT2D eigenvalue weighted by atomic mass is 9.91. The summed E-state index contributed by atoms with van der Waals surface area (Å²) in [6.45, 7) is 1.16. The van der Waals surface area contributed by atoms with E-state index in [1.54, 1.807) is 7.05 Å². The Bertz CT molecular complexity index is 265. The molecule has 2 atom stereocenters. The Labute approximate surface area is 104 Å². The summed E-state index contributed by atoms with van der Waals surface area (Å²) in [5.74, 6) is 0.139. The standard InChI is InChI=1S/C13H25N3O/c1-14-13(17)12-7-6-10(15-12)8-9-16(2)11-4-3-5-11/h10-12,15H,3-9H2,1-2H3,(H,14,17). The summed E-state index contributed by atoms with van der Waals surface area (Å²) >= 11 is 0. The van der Waals surface area contributed by atoms with Crippen molar-refractivity contribution in [2.75, 3.05) is 20.6 Å². The van der Waals surface area contributed by atoms with E-state index < -0.39 is 0 Å². The minimum atomic E-state index is 0.0407. The van der Waals surface area contributed by atoms with E-state index in [2.05, 4.69) is 22.6 Å². The van der Waals surface area contributed by atoms with E-state index >= 15 is 0 Å². The summed E-state index contributed by atoms with van der Waals surface area (Å²) in [6.07, 6.45) is 7.43. The molecule has 1 saturated heterocycles. The predicted molar refractivity (Wildman–Crippen MR) is 68.9 cm³/mol. The number of nitrogens with one attached hydrogen (secondary N) is 2. The lowest BCUT2D eigenvalue weighted by molar-refractivity contribution is -0.122. The zero-order valence-corrected chi connectivity index (χ0v) is 11.0. The summed E-state index contributed by atoms with van der Waals surface area (Å²) in [7, 11) is 3.94. The number of nitrogens with zero attached hydrogens (tertiary/aromatic N) is 1. The van der Waals surface area contributed by atoms with Gasteiger partial charge in [0.15, 0.2) is 0 Å². The van der Waals surface area contributed by atoms with Gasteiger partial charge in [0, 0.05) is 19.1 Å². The Hall–Kier alpha value is -0.610. The maximum absolute atomic E-state index is 11.5. The van der Waals surface area contributed by atoms with Gasteiger partial charge in [0.05, 0.1) is 6.04 Å². The SMILES string of the molecule is CNC(=O)C1CCC(CCN(C)C2CCC2)N1. The highest BCUT2D eigenvalue weighted by atomic mass is 16.2. The van der Waals surface area contributed by atoms with Crippen LogP contribution in [-0.4, -0.2) is 49.6 Å². The van der Waals surface area contributed by atoms with Gasteiger partial charge in [-0.05, 0) is 45.7 Å². The fraction of sp³-hybridized carbons (Fsp3) is 0.923. The highest BCUT2D eigenvalue weighted by Crippen LogP contribution is 2.24. The summed E-state index contributed by atoms with van der Waals surface area (Å²) < 4.78 is 0. The molecule has 0 aromatic rings. The summed E-state index contributed by atoms with van der Waals surface area (Å²) in [5.41, 5.74) is 0. The van der Waals surface area contributed by atoms with Crippen LogP contribution in [0.3, 0.4) is 0 Å². The molecule has 0 aromatic heterocycles. The normalized spacial score (nSPS) is 29.4. The number of carbonyl (C=O) groups is 1. The lowest BCUT2D eigenvalue weighted by Crippen LogP contribution is -2.43. The van der Waals surface area contributed by atoms with Gasteiger partial charge in [-0.15, -0.1) is 0 Å². The molecule has 2 N–H and O–H groups in total. The van der Waals surface area contributed by atoms with Gasteiger partial charge in [0.1, 0.15) is 0 Å². The van der Waals surface area contributed by atoms with Crippen LogP contribution in [0.1, 0.15) is 38.5 Å². The quantitative estimate of drug-likeness (QED) is 0.743. The number of carbonyl (C=O) groups excluding carboxylic acids is 1. The molecule has 0 radical (unpaired) electrons. The molecule has 98 valence electrons. The second-order valence-electron chi connectivity index (χ2n) is 5.46. The number of amides is 1. The van der Waals surface area contributed by atoms with E-state index in [4.69, 9.17) is 0 Å². The first-order chi connectivity index (χ1) is 8.20. The van der Waals surface area contributed by atoms with Crippen LogP contribution < -0.4 is 10.6 Å². The second-order valence-corrected chi connectivity index (χ2v) is 5.46. The molecule has 4 nitrogen and oxygen atoms in total. The van der Waals surface area contributed by atoms with Gasteiger partial charge in [-0.25, -0.2) is 0 Å². The number of likely N-dealkylation sites (N-methyl/N-ethyl adjacent to an activating group) is 1. The fourth-order valence-electron chi connectivity index (χ4n) is 2.80. The molecule has 1 aliphatic heterocycles. The maximum atomic E-state index is 11.5. The van der Waals surface area contributed by atoms with Gasteiger partial charge in [-0.1, -0.05) is 6.42 Å². The van der Waals surface area contributed by atoms with Crippen LogP contribution in [-0.2, 0) is 4.79 Å². The van der Waals surface area contributed by atoms with Crippen molar-refractivity contribution >= 4 is 5.91 Å². The van der Waals surface area contributed by atoms with Crippen molar-refractivity contribution in [2.24, 2.45) is 0 Å². The average molecular weight is 239 g/mol. The Morgan fingerprint density at radius 3 is 2.71 bits per heavy atom. The van der Waals surface area contributed by atoms with Crippen molar-refractivity contribution < 1.29 is 4.79 Å². The predicted octanol–water partition coefficient (Wildman–Crippen LogP) is 0.727. The smallest absolute Gasteiger partial charge is 0.236 e. The van der Waals surface area contributed by atoms with Crippen LogP contribution in [0.2, 0.25) is 0 Å².